The first-order valence-corrected chi connectivity index (χ1v) is 9.10. The van der Waals surface area contributed by atoms with Gasteiger partial charge in [-0.05, 0) is 25.0 Å². The zero-order valence-corrected chi connectivity index (χ0v) is 16.0. The van der Waals surface area contributed by atoms with E-state index in [4.69, 9.17) is 23.2 Å². The molecule has 1 aliphatic rings. The first kappa shape index (κ1) is 13.9. The molecule has 0 saturated carbocycles. The van der Waals surface area contributed by atoms with Crippen molar-refractivity contribution < 1.29 is 16.4 Å². The van der Waals surface area contributed by atoms with Crippen LogP contribution in [0.3, 0.4) is 0 Å². The second-order valence-corrected chi connectivity index (χ2v) is 6.84. The van der Waals surface area contributed by atoms with Gasteiger partial charge >= 0.3 is 0 Å². The Balaban J connectivity index is 1.77. The normalized spacial score (nSPS) is 23.4. The number of carbonyl (C=O) groups is 1. The van der Waals surface area contributed by atoms with Gasteiger partial charge in [0.25, 0.3) is 5.91 Å². The summed E-state index contributed by atoms with van der Waals surface area (Å²) >= 11 is 6.20. The van der Waals surface area contributed by atoms with Crippen LogP contribution >= 0.6 is 11.6 Å². The van der Waals surface area contributed by atoms with Gasteiger partial charge in [-0.3, -0.25) is 9.69 Å². The summed E-state index contributed by atoms with van der Waals surface area (Å²) in [4.78, 5) is 14.7. The molecule has 1 amide bonds. The lowest BCUT2D eigenvalue weighted by Gasteiger charge is -2.25. The first-order valence-electron chi connectivity index (χ1n) is 11.2. The maximum atomic E-state index is 13.0. The lowest BCUT2D eigenvalue weighted by Crippen LogP contribution is -2.43. The van der Waals surface area contributed by atoms with Crippen LogP contribution in [0.2, 0.25) is 5.02 Å². The Bertz CT molecular complexity index is 972. The van der Waals surface area contributed by atoms with E-state index in [1.165, 1.54) is 19.2 Å². The van der Waals surface area contributed by atoms with E-state index in [0.717, 1.165) is 0 Å². The zero-order valence-electron chi connectivity index (χ0n) is 20.3. The second-order valence-electron chi connectivity index (χ2n) is 6.44. The Morgan fingerprint density at radius 3 is 2.89 bits per heavy atom. The van der Waals surface area contributed by atoms with Crippen molar-refractivity contribution >= 4 is 23.2 Å². The van der Waals surface area contributed by atoms with Crippen molar-refractivity contribution in [3.63, 3.8) is 0 Å². The third-order valence-corrected chi connectivity index (χ3v) is 5.10. The highest BCUT2D eigenvalue weighted by Crippen LogP contribution is 2.31. The van der Waals surface area contributed by atoms with Crippen molar-refractivity contribution in [1.82, 2.24) is 10.2 Å². The van der Waals surface area contributed by atoms with E-state index < -0.39 is 19.4 Å². The molecule has 27 heavy (non-hydrogen) atoms. The largest absolute Gasteiger partial charge is 0.496 e. The van der Waals surface area contributed by atoms with Crippen LogP contribution < -0.4 is 15.4 Å². The van der Waals surface area contributed by atoms with E-state index in [1.54, 1.807) is 29.2 Å². The van der Waals surface area contributed by atoms with Crippen LogP contribution in [-0.4, -0.2) is 43.5 Å². The van der Waals surface area contributed by atoms with E-state index >= 15 is 0 Å². The predicted octanol–water partition coefficient (Wildman–Crippen LogP) is 3.78. The Morgan fingerprint density at radius 1 is 1.41 bits per heavy atom. The highest BCUT2D eigenvalue weighted by Gasteiger charge is 2.32. The summed E-state index contributed by atoms with van der Waals surface area (Å²) in [6.45, 7) is -1.76. The molecule has 2 N–H and O–H groups in total. The van der Waals surface area contributed by atoms with Gasteiger partial charge in [0.2, 0.25) is 0 Å². The monoisotopic (exact) mass is 392 g/mol. The van der Waals surface area contributed by atoms with Gasteiger partial charge in [0.1, 0.15) is 5.75 Å². The summed E-state index contributed by atoms with van der Waals surface area (Å²) in [6, 6.07) is 11.1. The van der Waals surface area contributed by atoms with Gasteiger partial charge in [-0.15, -0.1) is 0 Å². The van der Waals surface area contributed by atoms with Gasteiger partial charge in [-0.1, -0.05) is 41.9 Å². The number of ether oxygens (including phenoxy) is 1. The van der Waals surface area contributed by atoms with Crippen molar-refractivity contribution in [2.75, 3.05) is 25.9 Å². The van der Waals surface area contributed by atoms with Gasteiger partial charge in [0.15, 0.2) is 0 Å². The fraction of sp³-hybridized carbons (Fsp3) is 0.381. The maximum absolute atomic E-state index is 13.0. The van der Waals surface area contributed by atoms with Gasteiger partial charge in [-0.2, -0.15) is 0 Å². The molecule has 2 aromatic carbocycles. The van der Waals surface area contributed by atoms with Crippen LogP contribution in [0.5, 0.6) is 5.75 Å². The molecule has 3 rings (SSSR count). The lowest BCUT2D eigenvalue weighted by molar-refractivity contribution is 0.0924. The molecule has 0 unspecified atom stereocenters. The van der Waals surface area contributed by atoms with Crippen molar-refractivity contribution in [2.45, 2.75) is 31.9 Å². The van der Waals surface area contributed by atoms with Crippen molar-refractivity contribution in [3.8, 4) is 5.75 Å². The smallest absolute Gasteiger partial charge is 0.255 e. The van der Waals surface area contributed by atoms with Crippen LogP contribution in [0.4, 0.5) is 5.69 Å². The summed E-state index contributed by atoms with van der Waals surface area (Å²) < 4.78 is 44.5. The van der Waals surface area contributed by atoms with Crippen LogP contribution in [0.25, 0.3) is 0 Å². The molecule has 2 aromatic rings. The number of rotatable bonds is 6. The van der Waals surface area contributed by atoms with Gasteiger partial charge in [0, 0.05) is 45.0 Å². The molecule has 2 atom stereocenters. The van der Waals surface area contributed by atoms with Crippen LogP contribution in [0.1, 0.15) is 36.1 Å². The van der Waals surface area contributed by atoms with Crippen LogP contribution in [0.15, 0.2) is 42.5 Å². The SMILES string of the molecule is [2H]C([2H])([2H])Nc1cc(OC)c(C(=O)N[C@@H]2CCN(C([2H])([2H])c3ccccc3)[C@@H]2C)cc1Cl. The number of anilines is 1. The average Bonchev–Trinajstić information content (AvgIpc) is 3.09. The number of hydrogen-bond acceptors (Lipinski definition) is 4. The minimum Gasteiger partial charge on any atom is -0.496 e. The topological polar surface area (TPSA) is 53.6 Å². The number of methoxy groups -OCH3 is 1. The zero-order chi connectivity index (χ0) is 23.7. The summed E-state index contributed by atoms with van der Waals surface area (Å²) in [5, 5.41) is 5.34. The molecular weight excluding hydrogens is 362 g/mol. The van der Waals surface area contributed by atoms with E-state index in [9.17, 15) is 4.79 Å². The minimum absolute atomic E-state index is 0.0774. The Kier molecular flexibility index (Phi) is 4.43. The highest BCUT2D eigenvalue weighted by molar-refractivity contribution is 6.33. The number of nitrogens with one attached hydrogen (secondary N) is 2. The van der Waals surface area contributed by atoms with Crippen molar-refractivity contribution in [2.24, 2.45) is 0 Å². The number of halogens is 1. The number of carbonyl (C=O) groups excluding carboxylic acids is 1. The van der Waals surface area contributed by atoms with E-state index in [0.29, 0.717) is 18.5 Å². The fourth-order valence-corrected chi connectivity index (χ4v) is 3.42. The van der Waals surface area contributed by atoms with Gasteiger partial charge in [0.05, 0.1) is 23.4 Å². The number of hydrogen-bond donors (Lipinski definition) is 2. The summed E-state index contributed by atoms with van der Waals surface area (Å²) in [6.07, 6.45) is 0.577. The quantitative estimate of drug-likeness (QED) is 0.785. The molecule has 0 aromatic heterocycles. The maximum Gasteiger partial charge on any atom is 0.255 e. The third kappa shape index (κ3) is 4.37. The molecule has 1 heterocycles. The molecule has 0 spiro atoms. The molecule has 1 aliphatic heterocycles. The molecule has 1 saturated heterocycles. The van der Waals surface area contributed by atoms with E-state index in [1.807, 2.05) is 13.0 Å². The Morgan fingerprint density at radius 2 is 2.19 bits per heavy atom. The van der Waals surface area contributed by atoms with Crippen LogP contribution in [-0.2, 0) is 6.50 Å². The molecule has 1 fully saturated rings. The first-order chi connectivity index (χ1) is 14.9. The minimum atomic E-state index is -2.45. The summed E-state index contributed by atoms with van der Waals surface area (Å²) in [5.74, 6) is -0.246. The Labute approximate surface area is 172 Å². The highest BCUT2D eigenvalue weighted by atomic mass is 35.5. The van der Waals surface area contributed by atoms with Gasteiger partial charge < -0.3 is 15.4 Å². The van der Waals surface area contributed by atoms with E-state index in [2.05, 4.69) is 10.6 Å². The molecule has 144 valence electrons. The summed E-state index contributed by atoms with van der Waals surface area (Å²) in [5.41, 5.74) is 0.867. The Hall–Kier alpha value is -2.24. The third-order valence-electron chi connectivity index (χ3n) is 4.79. The molecule has 6 heteroatoms. The van der Waals surface area contributed by atoms with Crippen molar-refractivity contribution in [3.05, 3.63) is 58.6 Å². The van der Waals surface area contributed by atoms with Crippen LogP contribution in [0, 0.1) is 0 Å². The molecule has 0 radical (unpaired) electrons. The molecule has 0 aliphatic carbocycles. The second kappa shape index (κ2) is 8.63. The predicted molar refractivity (Wildman–Crippen MR) is 110 cm³/mol. The molecule has 5 nitrogen and oxygen atoms in total. The summed E-state index contributed by atoms with van der Waals surface area (Å²) in [7, 11) is 1.38. The van der Waals surface area contributed by atoms with E-state index in [-0.39, 0.29) is 34.1 Å². The fourth-order valence-electron chi connectivity index (χ4n) is 3.21. The van der Waals surface area contributed by atoms with Crippen molar-refractivity contribution in [1.29, 1.82) is 0 Å². The number of likely N-dealkylation sites (tertiary alicyclic amines) is 1. The number of nitrogens with zero attached hydrogens (tertiary/aromatic N) is 1. The molecule has 0 bridgehead atoms. The number of amides is 1. The average molecular weight is 393 g/mol. The number of benzene rings is 2. The lowest BCUT2D eigenvalue weighted by atomic mass is 10.1. The standard InChI is InChI=1S/C21H26ClN3O2/c1-14-18(9-10-25(14)13-15-7-5-4-6-8-15)24-21(26)16-11-17(22)19(23-2)12-20(16)27-3/h4-8,11-12,14,18,23H,9-10,13H2,1-3H3,(H,24,26)/t14-,18-/m1/s1/i2D3,13D2. The molecular formula is C21H26ClN3O2. The van der Waals surface area contributed by atoms with Gasteiger partial charge in [-0.25, -0.2) is 0 Å².